The lowest BCUT2D eigenvalue weighted by atomic mass is 10.2. The number of hydrogen-bond acceptors (Lipinski definition) is 4. The maximum atomic E-state index is 13.4. The van der Waals surface area contributed by atoms with Gasteiger partial charge in [0.25, 0.3) is 0 Å². The monoisotopic (exact) mass is 423 g/mol. The van der Waals surface area contributed by atoms with E-state index in [1.165, 1.54) is 29.2 Å². The van der Waals surface area contributed by atoms with Gasteiger partial charge in [-0.05, 0) is 51.8 Å². The fourth-order valence-electron chi connectivity index (χ4n) is 2.04. The van der Waals surface area contributed by atoms with Crippen LogP contribution in [-0.4, -0.2) is 21.8 Å². The zero-order valence-corrected chi connectivity index (χ0v) is 15.4. The van der Waals surface area contributed by atoms with Crippen LogP contribution < -0.4 is 0 Å². The molecule has 0 amide bonds. The van der Waals surface area contributed by atoms with Crippen LogP contribution in [-0.2, 0) is 4.79 Å². The molecule has 0 unspecified atom stereocenters. The highest BCUT2D eigenvalue weighted by Crippen LogP contribution is 2.35. The Bertz CT molecular complexity index is 906. The molecular weight excluding hydrogens is 413 g/mol. The van der Waals surface area contributed by atoms with Crippen LogP contribution >= 0.6 is 39.0 Å². The number of rotatable bonds is 5. The minimum Gasteiger partial charge on any atom is -0.481 e. The quantitative estimate of drug-likeness (QED) is 0.587. The topological polar surface area (TPSA) is 50.2 Å². The Hall–Kier alpha value is -1.70. The van der Waals surface area contributed by atoms with Crippen molar-refractivity contribution in [3.05, 3.63) is 63.3 Å². The van der Waals surface area contributed by atoms with E-state index >= 15 is 0 Å². The predicted molar refractivity (Wildman–Crippen MR) is 102 cm³/mol. The Morgan fingerprint density at radius 1 is 1.33 bits per heavy atom. The average Bonchev–Trinajstić information content (AvgIpc) is 2.98. The molecule has 0 bridgehead atoms. The van der Waals surface area contributed by atoms with E-state index in [1.807, 2.05) is 30.3 Å². The molecule has 0 aliphatic rings. The number of thiazole rings is 1. The highest BCUT2D eigenvalue weighted by atomic mass is 79.9. The van der Waals surface area contributed by atoms with Crippen molar-refractivity contribution < 1.29 is 14.3 Å². The van der Waals surface area contributed by atoms with Crippen molar-refractivity contribution >= 4 is 66.2 Å². The maximum Gasteiger partial charge on any atom is 0.313 e. The van der Waals surface area contributed by atoms with E-state index in [1.54, 1.807) is 12.1 Å². The Kier molecular flexibility index (Phi) is 5.33. The van der Waals surface area contributed by atoms with E-state index in [0.717, 1.165) is 25.7 Å². The first kappa shape index (κ1) is 17.1. The summed E-state index contributed by atoms with van der Waals surface area (Å²) < 4.78 is 14.8. The number of carboxylic acids is 1. The van der Waals surface area contributed by atoms with Gasteiger partial charge in [0.2, 0.25) is 0 Å². The van der Waals surface area contributed by atoms with Crippen LogP contribution in [0.25, 0.3) is 21.2 Å². The Morgan fingerprint density at radius 3 is 2.83 bits per heavy atom. The number of carboxylic acid groups (broad SMARTS) is 1. The number of aliphatic carboxylic acids is 1. The minimum absolute atomic E-state index is 0.0654. The van der Waals surface area contributed by atoms with E-state index in [2.05, 4.69) is 20.9 Å². The van der Waals surface area contributed by atoms with Crippen molar-refractivity contribution in [3.63, 3.8) is 0 Å². The lowest BCUT2D eigenvalue weighted by Gasteiger charge is -2.03. The van der Waals surface area contributed by atoms with Crippen LogP contribution in [0.15, 0.2) is 46.9 Å². The fraction of sp³-hybridized carbons (Fsp3) is 0.0588. The SMILES string of the molecule is O=C(O)CS/C(=C\c1ccc(F)c(Br)c1)c1nc2ccccc2s1. The molecule has 1 N–H and O–H groups in total. The molecule has 24 heavy (non-hydrogen) atoms. The third-order valence-electron chi connectivity index (χ3n) is 3.10. The van der Waals surface area contributed by atoms with Gasteiger partial charge in [-0.2, -0.15) is 0 Å². The fourth-order valence-corrected chi connectivity index (χ4v) is 4.28. The Labute approximate surface area is 154 Å². The van der Waals surface area contributed by atoms with Crippen LogP contribution in [0.4, 0.5) is 4.39 Å². The molecule has 2 aromatic carbocycles. The highest BCUT2D eigenvalue weighted by Gasteiger charge is 2.12. The second-order valence-electron chi connectivity index (χ2n) is 4.85. The van der Waals surface area contributed by atoms with Crippen LogP contribution in [0.1, 0.15) is 10.6 Å². The highest BCUT2D eigenvalue weighted by molar-refractivity contribution is 9.10. The van der Waals surface area contributed by atoms with Crippen LogP contribution in [0.5, 0.6) is 0 Å². The molecule has 3 rings (SSSR count). The van der Waals surface area contributed by atoms with Crippen molar-refractivity contribution in [1.29, 1.82) is 0 Å². The zero-order chi connectivity index (χ0) is 17.1. The van der Waals surface area contributed by atoms with Gasteiger partial charge in [-0.1, -0.05) is 18.2 Å². The van der Waals surface area contributed by atoms with Crippen molar-refractivity contribution in [1.82, 2.24) is 4.98 Å². The molecule has 0 saturated carbocycles. The standard InChI is InChI=1S/C17H11BrFNO2S2/c18-11-7-10(5-6-12(11)19)8-15(23-9-16(21)22)17-20-13-3-1-2-4-14(13)24-17/h1-8H,9H2,(H,21,22)/b15-8-. The number of hydrogen-bond donors (Lipinski definition) is 1. The summed E-state index contributed by atoms with van der Waals surface area (Å²) in [5.74, 6) is -1.30. The van der Waals surface area contributed by atoms with Gasteiger partial charge >= 0.3 is 5.97 Å². The zero-order valence-electron chi connectivity index (χ0n) is 12.2. The Balaban J connectivity index is 2.02. The van der Waals surface area contributed by atoms with Crippen LogP contribution in [0, 0.1) is 5.82 Å². The summed E-state index contributed by atoms with van der Waals surface area (Å²) >= 11 is 5.87. The van der Waals surface area contributed by atoms with E-state index in [0.29, 0.717) is 4.47 Å². The number of nitrogens with zero attached hydrogens (tertiary/aromatic N) is 1. The minimum atomic E-state index is -0.896. The molecule has 0 spiro atoms. The summed E-state index contributed by atoms with van der Waals surface area (Å²) in [5.41, 5.74) is 1.65. The van der Waals surface area contributed by atoms with E-state index in [4.69, 9.17) is 5.11 Å². The Morgan fingerprint density at radius 2 is 2.12 bits per heavy atom. The molecule has 0 saturated heterocycles. The molecule has 0 aliphatic heterocycles. The first-order valence-corrected chi connectivity index (χ1v) is 9.50. The van der Waals surface area contributed by atoms with Crippen molar-refractivity contribution in [2.45, 2.75) is 0 Å². The summed E-state index contributed by atoms with van der Waals surface area (Å²) in [4.78, 5) is 16.3. The molecule has 3 aromatic rings. The molecule has 1 heterocycles. The third-order valence-corrected chi connectivity index (χ3v) is 5.92. The molecule has 0 fully saturated rings. The molecule has 1 aromatic heterocycles. The van der Waals surface area contributed by atoms with E-state index in [9.17, 15) is 9.18 Å². The van der Waals surface area contributed by atoms with Gasteiger partial charge in [-0.3, -0.25) is 4.79 Å². The average molecular weight is 424 g/mol. The van der Waals surface area contributed by atoms with Gasteiger partial charge in [0.15, 0.2) is 0 Å². The molecular formula is C17H11BrFNO2S2. The van der Waals surface area contributed by atoms with Gasteiger partial charge < -0.3 is 5.11 Å². The summed E-state index contributed by atoms with van der Waals surface area (Å²) in [6.07, 6.45) is 1.83. The first-order valence-electron chi connectivity index (χ1n) is 6.90. The number of carbonyl (C=O) groups is 1. The number of benzene rings is 2. The first-order chi connectivity index (χ1) is 11.5. The number of aromatic nitrogens is 1. The lowest BCUT2D eigenvalue weighted by Crippen LogP contribution is -1.98. The normalized spacial score (nSPS) is 11.8. The third kappa shape index (κ3) is 4.03. The molecule has 122 valence electrons. The van der Waals surface area contributed by atoms with Gasteiger partial charge in [-0.15, -0.1) is 23.1 Å². The van der Waals surface area contributed by atoms with Gasteiger partial charge in [-0.25, -0.2) is 9.37 Å². The van der Waals surface area contributed by atoms with Gasteiger partial charge in [0, 0.05) is 4.91 Å². The molecule has 0 radical (unpaired) electrons. The number of para-hydroxylation sites is 1. The summed E-state index contributed by atoms with van der Waals surface area (Å²) in [7, 11) is 0. The molecule has 7 heteroatoms. The number of fused-ring (bicyclic) bond motifs is 1. The maximum absolute atomic E-state index is 13.4. The van der Waals surface area contributed by atoms with E-state index in [-0.39, 0.29) is 11.6 Å². The molecule has 3 nitrogen and oxygen atoms in total. The van der Waals surface area contributed by atoms with Crippen molar-refractivity contribution in [2.24, 2.45) is 0 Å². The summed E-state index contributed by atoms with van der Waals surface area (Å²) in [5, 5.41) is 9.73. The second kappa shape index (κ2) is 7.46. The number of halogens is 2. The van der Waals surface area contributed by atoms with Gasteiger partial charge in [0.05, 0.1) is 20.4 Å². The van der Waals surface area contributed by atoms with Crippen molar-refractivity contribution in [3.8, 4) is 0 Å². The molecule has 0 aliphatic carbocycles. The van der Waals surface area contributed by atoms with E-state index < -0.39 is 5.97 Å². The van der Waals surface area contributed by atoms with Crippen LogP contribution in [0.2, 0.25) is 0 Å². The molecule has 0 atom stereocenters. The second-order valence-corrected chi connectivity index (χ2v) is 7.75. The predicted octanol–water partition coefficient (Wildman–Crippen LogP) is 5.51. The lowest BCUT2D eigenvalue weighted by molar-refractivity contribution is -0.133. The largest absolute Gasteiger partial charge is 0.481 e. The smallest absolute Gasteiger partial charge is 0.313 e. The van der Waals surface area contributed by atoms with Gasteiger partial charge in [0.1, 0.15) is 10.8 Å². The summed E-state index contributed by atoms with van der Waals surface area (Å²) in [6, 6.07) is 12.4. The van der Waals surface area contributed by atoms with Crippen molar-refractivity contribution in [2.75, 3.05) is 5.75 Å². The number of thioether (sulfide) groups is 1. The van der Waals surface area contributed by atoms with Crippen LogP contribution in [0.3, 0.4) is 0 Å². The summed E-state index contributed by atoms with van der Waals surface area (Å²) in [6.45, 7) is 0.